The van der Waals surface area contributed by atoms with E-state index in [1.165, 1.54) is 49.6 Å². The number of hydrogen-bond donors (Lipinski definition) is 0. The lowest BCUT2D eigenvalue weighted by atomic mass is 10.1. The van der Waals surface area contributed by atoms with Crippen LogP contribution in [0.2, 0.25) is 0 Å². The van der Waals surface area contributed by atoms with Gasteiger partial charge in [-0.1, -0.05) is 12.2 Å². The molecule has 4 aliphatic rings. The quantitative estimate of drug-likeness (QED) is 0.648. The Balaban J connectivity index is 1.70. The van der Waals surface area contributed by atoms with Crippen LogP contribution in [0.3, 0.4) is 0 Å². The van der Waals surface area contributed by atoms with Crippen molar-refractivity contribution in [2.45, 2.75) is 31.7 Å². The number of piperidine rings is 1. The third-order valence-corrected chi connectivity index (χ3v) is 4.44. The molecule has 1 fully saturated rings. The largest absolute Gasteiger partial charge is 0.373 e. The van der Waals surface area contributed by atoms with Crippen LogP contribution in [0.4, 0.5) is 0 Å². The molecule has 3 nitrogen and oxygen atoms in total. The van der Waals surface area contributed by atoms with Crippen LogP contribution >= 0.6 is 0 Å². The molecule has 0 spiro atoms. The van der Waals surface area contributed by atoms with Gasteiger partial charge >= 0.3 is 0 Å². The van der Waals surface area contributed by atoms with Gasteiger partial charge in [-0.25, -0.2) is 4.99 Å². The summed E-state index contributed by atoms with van der Waals surface area (Å²) in [4.78, 5) is 9.90. The van der Waals surface area contributed by atoms with Gasteiger partial charge in [-0.05, 0) is 37.8 Å². The fourth-order valence-electron chi connectivity index (χ4n) is 3.45. The van der Waals surface area contributed by atoms with Gasteiger partial charge in [-0.3, -0.25) is 0 Å². The van der Waals surface area contributed by atoms with Crippen molar-refractivity contribution < 1.29 is 0 Å². The van der Waals surface area contributed by atoms with Crippen molar-refractivity contribution in [2.75, 3.05) is 19.6 Å². The highest BCUT2D eigenvalue weighted by molar-refractivity contribution is 5.97. The van der Waals surface area contributed by atoms with E-state index in [4.69, 9.17) is 4.99 Å². The molecule has 0 aromatic heterocycles. The van der Waals surface area contributed by atoms with Gasteiger partial charge in [0.05, 0.1) is 11.7 Å². The summed E-state index contributed by atoms with van der Waals surface area (Å²) in [5.74, 6) is 1.20. The van der Waals surface area contributed by atoms with Gasteiger partial charge in [0.1, 0.15) is 5.84 Å². The molecule has 94 valence electrons. The molecule has 3 aliphatic heterocycles. The molecular weight excluding hydrogens is 222 g/mol. The molecule has 1 aliphatic carbocycles. The summed E-state index contributed by atoms with van der Waals surface area (Å²) in [6.45, 7) is 3.52. The zero-order valence-electron chi connectivity index (χ0n) is 10.7. The molecule has 1 unspecified atom stereocenters. The number of nitrogens with zero attached hydrogens (tertiary/aromatic N) is 3. The summed E-state index contributed by atoms with van der Waals surface area (Å²) in [5, 5.41) is 0. The summed E-state index contributed by atoms with van der Waals surface area (Å²) in [6.07, 6.45) is 13.9. The fraction of sp³-hybridized carbons (Fsp3) is 0.533. The molecule has 0 saturated carbocycles. The van der Waals surface area contributed by atoms with Crippen LogP contribution in [-0.4, -0.2) is 41.3 Å². The first kappa shape index (κ1) is 10.4. The Hall–Kier alpha value is -1.51. The average molecular weight is 241 g/mol. The Labute approximate surface area is 108 Å². The maximum Gasteiger partial charge on any atom is 0.131 e. The number of allylic oxidation sites excluding steroid dienone is 3. The first-order valence-electron chi connectivity index (χ1n) is 7.09. The van der Waals surface area contributed by atoms with Gasteiger partial charge in [0.15, 0.2) is 0 Å². The average Bonchev–Trinajstić information content (AvgIpc) is 2.65. The van der Waals surface area contributed by atoms with Crippen molar-refractivity contribution in [3.63, 3.8) is 0 Å². The monoisotopic (exact) mass is 241 g/mol. The van der Waals surface area contributed by atoms with Gasteiger partial charge in [-0.2, -0.15) is 0 Å². The van der Waals surface area contributed by atoms with Crippen LogP contribution in [0.15, 0.2) is 40.7 Å². The summed E-state index contributed by atoms with van der Waals surface area (Å²) < 4.78 is 0. The van der Waals surface area contributed by atoms with E-state index in [9.17, 15) is 0 Å². The van der Waals surface area contributed by atoms with Crippen LogP contribution in [0.1, 0.15) is 25.7 Å². The first-order chi connectivity index (χ1) is 8.92. The molecule has 1 atom stereocenters. The van der Waals surface area contributed by atoms with Crippen molar-refractivity contribution in [2.24, 2.45) is 4.99 Å². The molecule has 18 heavy (non-hydrogen) atoms. The lowest BCUT2D eigenvalue weighted by molar-refractivity contribution is 0.259. The Morgan fingerprint density at radius 2 is 2.17 bits per heavy atom. The van der Waals surface area contributed by atoms with E-state index in [2.05, 4.69) is 34.1 Å². The molecule has 0 N–H and O–H groups in total. The second-order valence-corrected chi connectivity index (χ2v) is 5.51. The lowest BCUT2D eigenvalue weighted by Crippen LogP contribution is -2.39. The highest BCUT2D eigenvalue weighted by Gasteiger charge is 2.33. The van der Waals surface area contributed by atoms with E-state index in [-0.39, 0.29) is 0 Å². The standard InChI is InChI=1S/C15H19N3/c1-2-7-14-13(6-1)16-15-11-12-5-3-4-8-17(12)9-10-18(14)15/h1-2,6,11,14H,3-5,7-10H2. The van der Waals surface area contributed by atoms with Crippen LogP contribution < -0.4 is 0 Å². The highest BCUT2D eigenvalue weighted by Crippen LogP contribution is 2.31. The molecule has 0 amide bonds. The van der Waals surface area contributed by atoms with E-state index in [1.807, 2.05) is 0 Å². The number of hydrogen-bond acceptors (Lipinski definition) is 3. The second kappa shape index (κ2) is 4.01. The van der Waals surface area contributed by atoms with Gasteiger partial charge in [0.25, 0.3) is 0 Å². The van der Waals surface area contributed by atoms with Crippen LogP contribution in [0, 0.1) is 0 Å². The highest BCUT2D eigenvalue weighted by atomic mass is 15.3. The minimum Gasteiger partial charge on any atom is -0.373 e. The Bertz CT molecular complexity index is 484. The van der Waals surface area contributed by atoms with E-state index < -0.39 is 0 Å². The minimum atomic E-state index is 0.503. The van der Waals surface area contributed by atoms with Crippen LogP contribution in [0.5, 0.6) is 0 Å². The molecule has 3 heteroatoms. The number of amidine groups is 1. The molecule has 4 rings (SSSR count). The van der Waals surface area contributed by atoms with Crippen molar-refractivity contribution >= 4 is 5.84 Å². The number of rotatable bonds is 0. The zero-order valence-corrected chi connectivity index (χ0v) is 10.7. The predicted molar refractivity (Wildman–Crippen MR) is 73.3 cm³/mol. The molecule has 0 bridgehead atoms. The third kappa shape index (κ3) is 1.53. The summed E-state index contributed by atoms with van der Waals surface area (Å²) in [6, 6.07) is 0.503. The maximum absolute atomic E-state index is 4.83. The zero-order chi connectivity index (χ0) is 11.9. The molecule has 1 saturated heterocycles. The van der Waals surface area contributed by atoms with Crippen molar-refractivity contribution in [3.05, 3.63) is 35.7 Å². The van der Waals surface area contributed by atoms with Crippen molar-refractivity contribution in [3.8, 4) is 0 Å². The molecule has 0 radical (unpaired) electrons. The van der Waals surface area contributed by atoms with E-state index in [0.29, 0.717) is 6.04 Å². The van der Waals surface area contributed by atoms with Gasteiger partial charge < -0.3 is 9.80 Å². The molecular formula is C15H19N3. The number of aliphatic imine (C=N–C) groups is 1. The second-order valence-electron chi connectivity index (χ2n) is 5.51. The molecule has 3 heterocycles. The maximum atomic E-state index is 4.83. The fourth-order valence-corrected chi connectivity index (χ4v) is 3.45. The topological polar surface area (TPSA) is 18.8 Å². The summed E-state index contributed by atoms with van der Waals surface area (Å²) >= 11 is 0. The Morgan fingerprint density at radius 1 is 1.17 bits per heavy atom. The Kier molecular flexibility index (Phi) is 2.32. The molecule has 0 aromatic rings. The van der Waals surface area contributed by atoms with Gasteiger partial charge in [-0.15, -0.1) is 0 Å². The van der Waals surface area contributed by atoms with E-state index in [0.717, 1.165) is 13.0 Å². The van der Waals surface area contributed by atoms with Crippen molar-refractivity contribution in [1.82, 2.24) is 9.80 Å². The smallest absolute Gasteiger partial charge is 0.131 e. The summed E-state index contributed by atoms with van der Waals surface area (Å²) in [5.41, 5.74) is 2.77. The SMILES string of the molecule is C1=CCC2C(=C1)N=C1C=C3CCCCN3CCN12. The normalized spacial score (nSPS) is 29.8. The van der Waals surface area contributed by atoms with Gasteiger partial charge in [0.2, 0.25) is 0 Å². The number of fused-ring (bicyclic) bond motifs is 4. The predicted octanol–water partition coefficient (Wildman–Crippen LogP) is 2.30. The lowest BCUT2D eigenvalue weighted by Gasteiger charge is -2.31. The van der Waals surface area contributed by atoms with Crippen molar-refractivity contribution in [1.29, 1.82) is 0 Å². The van der Waals surface area contributed by atoms with E-state index in [1.54, 1.807) is 0 Å². The van der Waals surface area contributed by atoms with Crippen LogP contribution in [-0.2, 0) is 0 Å². The Morgan fingerprint density at radius 3 is 3.17 bits per heavy atom. The minimum absolute atomic E-state index is 0.503. The third-order valence-electron chi connectivity index (χ3n) is 4.44. The first-order valence-corrected chi connectivity index (χ1v) is 7.09. The van der Waals surface area contributed by atoms with Gasteiger partial charge in [0, 0.05) is 25.3 Å². The molecule has 0 aromatic carbocycles. The van der Waals surface area contributed by atoms with E-state index >= 15 is 0 Å². The summed E-state index contributed by atoms with van der Waals surface area (Å²) in [7, 11) is 0. The van der Waals surface area contributed by atoms with Crippen LogP contribution in [0.25, 0.3) is 0 Å².